The van der Waals surface area contributed by atoms with Crippen LogP contribution in [0.3, 0.4) is 0 Å². The second-order valence-corrected chi connectivity index (χ2v) is 7.92. The smallest absolute Gasteiger partial charge is 0.0540 e. The van der Waals surface area contributed by atoms with Gasteiger partial charge in [0.1, 0.15) is 0 Å². The fourth-order valence-corrected chi connectivity index (χ4v) is 4.24. The third kappa shape index (κ3) is 3.93. The van der Waals surface area contributed by atoms with Crippen LogP contribution in [0, 0.1) is 0 Å². The third-order valence-corrected chi connectivity index (χ3v) is 5.80. The standard InChI is InChI=1S/C31H25N/c1-24(25-13-5-2-6-14-25)23-26-15-11-21-30-29(26)20-12-22-31(30)32(27-16-7-3-8-17-27)28-18-9-4-10-19-28/h2-23H,1H3. The Kier molecular flexibility index (Phi) is 5.55. The predicted octanol–water partition coefficient (Wildman–Crippen LogP) is 8.87. The molecule has 0 radical (unpaired) electrons. The van der Waals surface area contributed by atoms with Crippen LogP contribution >= 0.6 is 0 Å². The molecule has 0 unspecified atom stereocenters. The van der Waals surface area contributed by atoms with E-state index in [1.165, 1.54) is 33.2 Å². The van der Waals surface area contributed by atoms with Crippen LogP contribution in [0.5, 0.6) is 0 Å². The van der Waals surface area contributed by atoms with Crippen LogP contribution in [0.15, 0.2) is 127 Å². The molecule has 154 valence electrons. The highest BCUT2D eigenvalue weighted by Crippen LogP contribution is 2.39. The number of rotatable bonds is 5. The number of allylic oxidation sites excluding steroid dienone is 1. The van der Waals surface area contributed by atoms with E-state index in [0.717, 1.165) is 11.4 Å². The van der Waals surface area contributed by atoms with Gasteiger partial charge in [0.2, 0.25) is 0 Å². The minimum atomic E-state index is 1.15. The van der Waals surface area contributed by atoms with Gasteiger partial charge in [0.15, 0.2) is 0 Å². The van der Waals surface area contributed by atoms with Gasteiger partial charge in [-0.1, -0.05) is 103 Å². The quantitative estimate of drug-likeness (QED) is 0.261. The van der Waals surface area contributed by atoms with E-state index in [9.17, 15) is 0 Å². The van der Waals surface area contributed by atoms with Crippen molar-refractivity contribution in [1.82, 2.24) is 0 Å². The number of nitrogens with zero attached hydrogens (tertiary/aromatic N) is 1. The van der Waals surface area contributed by atoms with Crippen molar-refractivity contribution in [3.05, 3.63) is 139 Å². The fraction of sp³-hybridized carbons (Fsp3) is 0.0323. The van der Waals surface area contributed by atoms with Crippen LogP contribution in [0.1, 0.15) is 18.1 Å². The molecule has 0 amide bonds. The van der Waals surface area contributed by atoms with E-state index in [4.69, 9.17) is 0 Å². The van der Waals surface area contributed by atoms with Crippen LogP contribution < -0.4 is 4.90 Å². The topological polar surface area (TPSA) is 3.24 Å². The summed E-state index contributed by atoms with van der Waals surface area (Å²) in [5.41, 5.74) is 7.20. The van der Waals surface area contributed by atoms with E-state index in [-0.39, 0.29) is 0 Å². The van der Waals surface area contributed by atoms with Crippen molar-refractivity contribution in [2.24, 2.45) is 0 Å². The van der Waals surface area contributed by atoms with Crippen LogP contribution in [0.2, 0.25) is 0 Å². The van der Waals surface area contributed by atoms with Gasteiger partial charge in [-0.2, -0.15) is 0 Å². The van der Waals surface area contributed by atoms with Gasteiger partial charge in [-0.3, -0.25) is 0 Å². The first-order chi connectivity index (χ1) is 15.8. The molecule has 1 nitrogen and oxygen atoms in total. The summed E-state index contributed by atoms with van der Waals surface area (Å²) in [6.07, 6.45) is 2.29. The Morgan fingerprint density at radius 2 is 1.06 bits per heavy atom. The maximum atomic E-state index is 2.33. The van der Waals surface area contributed by atoms with Crippen LogP contribution in [-0.2, 0) is 0 Å². The molecule has 5 aromatic rings. The first-order valence-electron chi connectivity index (χ1n) is 11.0. The lowest BCUT2D eigenvalue weighted by atomic mass is 9.98. The normalized spacial score (nSPS) is 11.5. The number of hydrogen-bond acceptors (Lipinski definition) is 1. The molecule has 0 saturated carbocycles. The van der Waals surface area contributed by atoms with E-state index in [2.05, 4.69) is 145 Å². The van der Waals surface area contributed by atoms with E-state index >= 15 is 0 Å². The minimum Gasteiger partial charge on any atom is -0.310 e. The van der Waals surface area contributed by atoms with E-state index < -0.39 is 0 Å². The lowest BCUT2D eigenvalue weighted by Crippen LogP contribution is -2.10. The van der Waals surface area contributed by atoms with Crippen molar-refractivity contribution < 1.29 is 0 Å². The predicted molar refractivity (Wildman–Crippen MR) is 139 cm³/mol. The monoisotopic (exact) mass is 411 g/mol. The molecular weight excluding hydrogens is 386 g/mol. The van der Waals surface area contributed by atoms with Crippen LogP contribution in [0.25, 0.3) is 22.4 Å². The fourth-order valence-electron chi connectivity index (χ4n) is 4.24. The minimum absolute atomic E-state index is 1.15. The summed E-state index contributed by atoms with van der Waals surface area (Å²) in [4.78, 5) is 2.33. The van der Waals surface area contributed by atoms with Crippen LogP contribution in [0.4, 0.5) is 17.1 Å². The molecule has 5 aromatic carbocycles. The molecule has 0 N–H and O–H groups in total. The maximum absolute atomic E-state index is 2.33. The van der Waals surface area contributed by atoms with E-state index in [1.54, 1.807) is 0 Å². The highest BCUT2D eigenvalue weighted by molar-refractivity contribution is 6.03. The Hall–Kier alpha value is -4.10. The zero-order valence-electron chi connectivity index (χ0n) is 18.1. The van der Waals surface area contributed by atoms with Crippen molar-refractivity contribution in [1.29, 1.82) is 0 Å². The first kappa shape index (κ1) is 19.8. The Morgan fingerprint density at radius 1 is 0.531 bits per heavy atom. The number of fused-ring (bicyclic) bond motifs is 1. The second-order valence-electron chi connectivity index (χ2n) is 7.92. The summed E-state index contributed by atoms with van der Waals surface area (Å²) < 4.78 is 0. The zero-order valence-corrected chi connectivity index (χ0v) is 18.1. The Morgan fingerprint density at radius 3 is 1.69 bits per heavy atom. The van der Waals surface area contributed by atoms with Crippen molar-refractivity contribution in [3.8, 4) is 0 Å². The molecule has 0 bridgehead atoms. The molecule has 1 heteroatoms. The van der Waals surface area contributed by atoms with E-state index in [1.807, 2.05) is 0 Å². The molecule has 0 aliphatic heterocycles. The van der Waals surface area contributed by atoms with Gasteiger partial charge in [0.05, 0.1) is 5.69 Å². The summed E-state index contributed by atoms with van der Waals surface area (Å²) in [6.45, 7) is 2.18. The van der Waals surface area contributed by atoms with Gasteiger partial charge in [0.25, 0.3) is 0 Å². The largest absolute Gasteiger partial charge is 0.310 e. The first-order valence-corrected chi connectivity index (χ1v) is 11.0. The molecule has 0 aliphatic carbocycles. The second kappa shape index (κ2) is 8.95. The lowest BCUT2D eigenvalue weighted by Gasteiger charge is -2.27. The number of para-hydroxylation sites is 2. The SMILES string of the molecule is CC(=Cc1cccc2c(N(c3ccccc3)c3ccccc3)cccc12)c1ccccc1. The highest BCUT2D eigenvalue weighted by Gasteiger charge is 2.15. The summed E-state index contributed by atoms with van der Waals surface area (Å²) in [5, 5.41) is 2.48. The molecular formula is C31H25N. The van der Waals surface area contributed by atoms with Gasteiger partial charge in [-0.05, 0) is 59.3 Å². The van der Waals surface area contributed by atoms with Gasteiger partial charge in [-0.15, -0.1) is 0 Å². The number of hydrogen-bond donors (Lipinski definition) is 0. The third-order valence-electron chi connectivity index (χ3n) is 5.80. The van der Waals surface area contributed by atoms with Gasteiger partial charge in [0, 0.05) is 16.8 Å². The van der Waals surface area contributed by atoms with Crippen molar-refractivity contribution in [3.63, 3.8) is 0 Å². The Balaban J connectivity index is 1.69. The Labute approximate surface area is 189 Å². The average Bonchev–Trinajstić information content (AvgIpc) is 2.86. The molecule has 0 fully saturated rings. The van der Waals surface area contributed by atoms with Crippen LogP contribution in [-0.4, -0.2) is 0 Å². The van der Waals surface area contributed by atoms with Gasteiger partial charge in [-0.25, -0.2) is 0 Å². The van der Waals surface area contributed by atoms with E-state index in [0.29, 0.717) is 0 Å². The lowest BCUT2D eigenvalue weighted by molar-refractivity contribution is 1.30. The molecule has 0 spiro atoms. The van der Waals surface area contributed by atoms with Gasteiger partial charge >= 0.3 is 0 Å². The molecule has 0 aromatic heterocycles. The molecule has 0 aliphatic rings. The molecule has 32 heavy (non-hydrogen) atoms. The number of anilines is 3. The highest BCUT2D eigenvalue weighted by atomic mass is 15.1. The zero-order chi connectivity index (χ0) is 21.8. The summed E-state index contributed by atoms with van der Waals surface area (Å²) >= 11 is 0. The summed E-state index contributed by atoms with van der Waals surface area (Å²) in [7, 11) is 0. The number of benzene rings is 5. The van der Waals surface area contributed by atoms with Crippen molar-refractivity contribution >= 4 is 39.5 Å². The molecule has 0 heterocycles. The molecule has 0 saturated heterocycles. The molecule has 5 rings (SSSR count). The summed E-state index contributed by atoms with van der Waals surface area (Å²) in [5.74, 6) is 0. The Bertz CT molecular complexity index is 1310. The van der Waals surface area contributed by atoms with Crippen molar-refractivity contribution in [2.75, 3.05) is 4.90 Å². The van der Waals surface area contributed by atoms with Crippen molar-refractivity contribution in [2.45, 2.75) is 6.92 Å². The average molecular weight is 412 g/mol. The molecule has 0 atom stereocenters. The summed E-state index contributed by atoms with van der Waals surface area (Å²) in [6, 6.07) is 44.9. The maximum Gasteiger partial charge on any atom is 0.0540 e. The van der Waals surface area contributed by atoms with Gasteiger partial charge < -0.3 is 4.90 Å².